The molecule has 0 aromatic carbocycles. The first-order valence-corrected chi connectivity index (χ1v) is 4.17. The fraction of sp³-hybridized carbons (Fsp3) is 0.750. The summed E-state index contributed by atoms with van der Waals surface area (Å²) >= 11 is 0. The van der Waals surface area contributed by atoms with E-state index in [2.05, 4.69) is 8.92 Å². The highest BCUT2D eigenvalue weighted by molar-refractivity contribution is 7.85. The monoisotopic (exact) mass is 183 g/mol. The summed E-state index contributed by atoms with van der Waals surface area (Å²) < 4.78 is 30.6. The van der Waals surface area contributed by atoms with Crippen LogP contribution in [0.25, 0.3) is 0 Å². The summed E-state index contributed by atoms with van der Waals surface area (Å²) in [6.07, 6.45) is -1.05. The quantitative estimate of drug-likeness (QED) is 0.645. The van der Waals surface area contributed by atoms with Crippen LogP contribution in [0.2, 0.25) is 0 Å². The lowest BCUT2D eigenvalue weighted by Gasteiger charge is -2.02. The van der Waals surface area contributed by atoms with Gasteiger partial charge in [0.1, 0.15) is 0 Å². The van der Waals surface area contributed by atoms with Gasteiger partial charge >= 0.3 is 16.4 Å². The zero-order valence-electron chi connectivity index (χ0n) is 6.16. The molecule has 0 aliphatic rings. The first kappa shape index (κ1) is 10.2. The SMILES string of the molecule is CCOC(=O)NS(=O)(=O)OC. The second-order valence-corrected chi connectivity index (χ2v) is 2.89. The Labute approximate surface area is 64.7 Å². The van der Waals surface area contributed by atoms with Crippen LogP contribution in [0.1, 0.15) is 6.92 Å². The van der Waals surface area contributed by atoms with Gasteiger partial charge in [0, 0.05) is 0 Å². The molecular weight excluding hydrogens is 174 g/mol. The molecule has 0 aromatic heterocycles. The Kier molecular flexibility index (Phi) is 3.83. The topological polar surface area (TPSA) is 81.7 Å². The van der Waals surface area contributed by atoms with Gasteiger partial charge in [-0.3, -0.25) is 4.18 Å². The number of amides is 1. The highest BCUT2D eigenvalue weighted by atomic mass is 32.2. The van der Waals surface area contributed by atoms with Crippen molar-refractivity contribution in [3.63, 3.8) is 0 Å². The van der Waals surface area contributed by atoms with Gasteiger partial charge in [-0.1, -0.05) is 0 Å². The minimum atomic E-state index is -3.97. The molecule has 6 nitrogen and oxygen atoms in total. The minimum Gasteiger partial charge on any atom is -0.449 e. The van der Waals surface area contributed by atoms with E-state index in [0.29, 0.717) is 0 Å². The standard InChI is InChI=1S/C4H9NO5S/c1-3-10-4(6)5-11(7,8)9-2/h3H2,1-2H3,(H,5,6). The maximum absolute atomic E-state index is 10.5. The van der Waals surface area contributed by atoms with Crippen LogP contribution in [0.4, 0.5) is 4.79 Å². The molecule has 7 heteroatoms. The van der Waals surface area contributed by atoms with E-state index in [0.717, 1.165) is 7.11 Å². The van der Waals surface area contributed by atoms with E-state index in [1.807, 2.05) is 0 Å². The summed E-state index contributed by atoms with van der Waals surface area (Å²) in [5, 5.41) is 0. The molecule has 1 N–H and O–H groups in total. The van der Waals surface area contributed by atoms with Crippen molar-refractivity contribution in [3.8, 4) is 0 Å². The van der Waals surface area contributed by atoms with E-state index in [4.69, 9.17) is 0 Å². The Hall–Kier alpha value is -0.820. The first-order valence-electron chi connectivity index (χ1n) is 2.77. The van der Waals surface area contributed by atoms with Gasteiger partial charge in [-0.15, -0.1) is 0 Å². The van der Waals surface area contributed by atoms with E-state index in [9.17, 15) is 13.2 Å². The van der Waals surface area contributed by atoms with Crippen LogP contribution >= 0.6 is 0 Å². The molecule has 0 heterocycles. The number of rotatable bonds is 3. The third kappa shape index (κ3) is 4.57. The van der Waals surface area contributed by atoms with Gasteiger partial charge in [-0.25, -0.2) is 4.79 Å². The summed E-state index contributed by atoms with van der Waals surface area (Å²) in [6.45, 7) is 1.66. The van der Waals surface area contributed by atoms with E-state index in [1.54, 1.807) is 6.92 Å². The van der Waals surface area contributed by atoms with Crippen LogP contribution < -0.4 is 4.72 Å². The zero-order valence-corrected chi connectivity index (χ0v) is 6.97. The number of carbonyl (C=O) groups is 1. The molecule has 0 aliphatic heterocycles. The Morgan fingerprint density at radius 1 is 1.55 bits per heavy atom. The van der Waals surface area contributed by atoms with Crippen molar-refractivity contribution < 1.29 is 22.1 Å². The van der Waals surface area contributed by atoms with Gasteiger partial charge in [0.2, 0.25) is 0 Å². The molecule has 0 bridgehead atoms. The molecule has 0 atom stereocenters. The fourth-order valence-electron chi connectivity index (χ4n) is 0.304. The average Bonchev–Trinajstić information content (AvgIpc) is 1.87. The van der Waals surface area contributed by atoms with Gasteiger partial charge in [0.15, 0.2) is 0 Å². The maximum Gasteiger partial charge on any atom is 0.422 e. The zero-order chi connectivity index (χ0) is 8.91. The van der Waals surface area contributed by atoms with Crippen LogP contribution in [0.15, 0.2) is 0 Å². The number of nitrogens with one attached hydrogen (secondary N) is 1. The van der Waals surface area contributed by atoms with Gasteiger partial charge in [-0.05, 0) is 6.92 Å². The maximum atomic E-state index is 10.5. The van der Waals surface area contributed by atoms with E-state index >= 15 is 0 Å². The lowest BCUT2D eigenvalue weighted by Crippen LogP contribution is -2.31. The minimum absolute atomic E-state index is 0.102. The summed E-state index contributed by atoms with van der Waals surface area (Å²) in [7, 11) is -3.03. The molecule has 1 amide bonds. The van der Waals surface area contributed by atoms with Crippen molar-refractivity contribution in [1.82, 2.24) is 4.72 Å². The predicted octanol–water partition coefficient (Wildman–Crippen LogP) is -0.376. The summed E-state index contributed by atoms with van der Waals surface area (Å²) in [5.41, 5.74) is 0. The summed E-state index contributed by atoms with van der Waals surface area (Å²) in [4.78, 5) is 10.4. The van der Waals surface area contributed by atoms with Crippen molar-refractivity contribution in [2.24, 2.45) is 0 Å². The Bertz CT molecular complexity index is 221. The van der Waals surface area contributed by atoms with Crippen LogP contribution in [-0.4, -0.2) is 28.2 Å². The molecule has 66 valence electrons. The molecule has 0 spiro atoms. The third-order valence-electron chi connectivity index (χ3n) is 0.703. The van der Waals surface area contributed by atoms with E-state index < -0.39 is 16.4 Å². The number of carbonyl (C=O) groups excluding carboxylic acids is 1. The molecule has 0 fully saturated rings. The van der Waals surface area contributed by atoms with Gasteiger partial charge in [0.05, 0.1) is 13.7 Å². The molecule has 0 saturated carbocycles. The largest absolute Gasteiger partial charge is 0.449 e. The second-order valence-electron chi connectivity index (χ2n) is 1.44. The van der Waals surface area contributed by atoms with Crippen LogP contribution in [0.5, 0.6) is 0 Å². The van der Waals surface area contributed by atoms with E-state index in [1.165, 1.54) is 4.72 Å². The van der Waals surface area contributed by atoms with E-state index in [-0.39, 0.29) is 6.61 Å². The normalized spacial score (nSPS) is 10.7. The lowest BCUT2D eigenvalue weighted by molar-refractivity contribution is 0.157. The summed E-state index contributed by atoms with van der Waals surface area (Å²) in [5.74, 6) is 0. The molecule has 0 aromatic rings. The molecule has 0 radical (unpaired) electrons. The Morgan fingerprint density at radius 2 is 2.09 bits per heavy atom. The predicted molar refractivity (Wildman–Crippen MR) is 36.1 cm³/mol. The fourth-order valence-corrected chi connectivity index (χ4v) is 0.651. The van der Waals surface area contributed by atoms with Crippen LogP contribution in [0, 0.1) is 0 Å². The lowest BCUT2D eigenvalue weighted by atomic mass is 10.9. The molecule has 11 heavy (non-hydrogen) atoms. The first-order chi connectivity index (χ1) is 5.02. The number of hydrogen-bond acceptors (Lipinski definition) is 5. The van der Waals surface area contributed by atoms with Crippen molar-refractivity contribution >= 4 is 16.4 Å². The smallest absolute Gasteiger partial charge is 0.422 e. The molecule has 0 unspecified atom stereocenters. The highest BCUT2D eigenvalue weighted by Gasteiger charge is 2.12. The van der Waals surface area contributed by atoms with Crippen molar-refractivity contribution in [3.05, 3.63) is 0 Å². The van der Waals surface area contributed by atoms with Gasteiger partial charge in [-0.2, -0.15) is 13.1 Å². The Morgan fingerprint density at radius 3 is 2.45 bits per heavy atom. The van der Waals surface area contributed by atoms with Crippen LogP contribution in [0.3, 0.4) is 0 Å². The molecule has 0 aliphatic carbocycles. The highest BCUT2D eigenvalue weighted by Crippen LogP contribution is 1.85. The number of ether oxygens (including phenoxy) is 1. The molecule has 0 saturated heterocycles. The van der Waals surface area contributed by atoms with Crippen molar-refractivity contribution in [2.45, 2.75) is 6.92 Å². The summed E-state index contributed by atoms with van der Waals surface area (Å²) in [6, 6.07) is 0. The second kappa shape index (κ2) is 4.14. The van der Waals surface area contributed by atoms with Crippen LogP contribution in [-0.2, 0) is 19.2 Å². The Balaban J connectivity index is 3.95. The molecular formula is C4H9NO5S. The third-order valence-corrected chi connectivity index (χ3v) is 1.56. The molecule has 0 rings (SSSR count). The number of hydrogen-bond donors (Lipinski definition) is 1. The average molecular weight is 183 g/mol. The van der Waals surface area contributed by atoms with Gasteiger partial charge < -0.3 is 4.74 Å². The van der Waals surface area contributed by atoms with Crippen molar-refractivity contribution in [2.75, 3.05) is 13.7 Å². The van der Waals surface area contributed by atoms with Gasteiger partial charge in [0.25, 0.3) is 0 Å². The van der Waals surface area contributed by atoms with Crippen molar-refractivity contribution in [1.29, 1.82) is 0 Å².